The normalized spacial score (nSPS) is 9.46. The number of aromatic nitrogens is 1. The molecule has 0 fully saturated rings. The van der Waals surface area contributed by atoms with Crippen molar-refractivity contribution in [2.75, 3.05) is 0 Å². The second-order valence-corrected chi connectivity index (χ2v) is 2.55. The molecule has 0 radical (unpaired) electrons. The summed E-state index contributed by atoms with van der Waals surface area (Å²) in [5.74, 6) is 0. The molecule has 0 aliphatic heterocycles. The van der Waals surface area contributed by atoms with E-state index in [1.165, 1.54) is 0 Å². The molecular weight excluding hydrogens is 164 g/mol. The van der Waals surface area contributed by atoms with Crippen molar-refractivity contribution in [1.82, 2.24) is 4.98 Å². The highest BCUT2D eigenvalue weighted by atomic mass is 16.3. The summed E-state index contributed by atoms with van der Waals surface area (Å²) >= 11 is 0. The van der Waals surface area contributed by atoms with Crippen molar-refractivity contribution in [3.8, 4) is 17.2 Å². The summed E-state index contributed by atoms with van der Waals surface area (Å²) in [6, 6.07) is 5.69. The van der Waals surface area contributed by atoms with Gasteiger partial charge in [-0.25, -0.2) is 0 Å². The second kappa shape index (κ2) is 3.11. The number of hydrogen-bond acceptors (Lipinski definition) is 3. The topological polar surface area (TPSA) is 49.8 Å². The fraction of sp³-hybridized carbons (Fsp3) is 0. The van der Waals surface area contributed by atoms with E-state index in [1.807, 2.05) is 6.07 Å². The standard InChI is InChI=1S/C10H6N2O/c11-5-9-6-12-3-1-10(9)8-2-4-13-7-8/h1-4,6-7H. The molecule has 2 aromatic heterocycles. The molecule has 2 heterocycles. The van der Waals surface area contributed by atoms with Gasteiger partial charge in [-0.1, -0.05) is 0 Å². The Bertz CT molecular complexity index is 440. The van der Waals surface area contributed by atoms with Gasteiger partial charge in [-0.15, -0.1) is 0 Å². The Morgan fingerprint density at radius 3 is 3.00 bits per heavy atom. The third-order valence-corrected chi connectivity index (χ3v) is 1.77. The minimum atomic E-state index is 0.559. The van der Waals surface area contributed by atoms with Crippen molar-refractivity contribution in [2.45, 2.75) is 0 Å². The van der Waals surface area contributed by atoms with Crippen LogP contribution in [0.4, 0.5) is 0 Å². The van der Waals surface area contributed by atoms with Crippen LogP contribution in [0.1, 0.15) is 5.56 Å². The first-order chi connectivity index (χ1) is 6.42. The lowest BCUT2D eigenvalue weighted by atomic mass is 10.1. The van der Waals surface area contributed by atoms with Crippen LogP contribution in [0.2, 0.25) is 0 Å². The van der Waals surface area contributed by atoms with Crippen LogP contribution in [0.5, 0.6) is 0 Å². The molecule has 0 aromatic carbocycles. The fourth-order valence-electron chi connectivity index (χ4n) is 1.15. The molecule has 0 unspecified atom stereocenters. The van der Waals surface area contributed by atoms with E-state index < -0.39 is 0 Å². The lowest BCUT2D eigenvalue weighted by molar-refractivity contribution is 0.568. The number of nitriles is 1. The summed E-state index contributed by atoms with van der Waals surface area (Å²) < 4.78 is 4.94. The van der Waals surface area contributed by atoms with Gasteiger partial charge in [0.25, 0.3) is 0 Å². The molecule has 2 aromatic rings. The monoisotopic (exact) mass is 170 g/mol. The van der Waals surface area contributed by atoms with Crippen LogP contribution in [-0.2, 0) is 0 Å². The maximum Gasteiger partial charge on any atom is 0.101 e. The fourth-order valence-corrected chi connectivity index (χ4v) is 1.15. The maximum absolute atomic E-state index is 8.80. The quantitative estimate of drug-likeness (QED) is 0.659. The SMILES string of the molecule is N#Cc1cnccc1-c1ccoc1. The second-order valence-electron chi connectivity index (χ2n) is 2.55. The predicted molar refractivity (Wildman–Crippen MR) is 46.7 cm³/mol. The first kappa shape index (κ1) is 7.56. The Balaban J connectivity index is 2.59. The van der Waals surface area contributed by atoms with Crippen LogP contribution in [-0.4, -0.2) is 4.98 Å². The highest BCUT2D eigenvalue weighted by Gasteiger charge is 2.04. The minimum Gasteiger partial charge on any atom is -0.472 e. The molecule has 0 saturated carbocycles. The highest BCUT2D eigenvalue weighted by molar-refractivity contribution is 5.68. The van der Waals surface area contributed by atoms with Crippen molar-refractivity contribution < 1.29 is 4.42 Å². The van der Waals surface area contributed by atoms with E-state index in [0.29, 0.717) is 5.56 Å². The van der Waals surface area contributed by atoms with E-state index >= 15 is 0 Å². The lowest BCUT2D eigenvalue weighted by Gasteiger charge is -1.97. The molecule has 3 nitrogen and oxygen atoms in total. The van der Waals surface area contributed by atoms with E-state index in [0.717, 1.165) is 11.1 Å². The predicted octanol–water partition coefficient (Wildman–Crippen LogP) is 2.21. The molecule has 0 aliphatic carbocycles. The molecule has 2 rings (SSSR count). The summed E-state index contributed by atoms with van der Waals surface area (Å²) in [5.41, 5.74) is 2.31. The lowest BCUT2D eigenvalue weighted by Crippen LogP contribution is -1.83. The zero-order valence-electron chi connectivity index (χ0n) is 6.77. The van der Waals surface area contributed by atoms with E-state index in [9.17, 15) is 0 Å². The highest BCUT2D eigenvalue weighted by Crippen LogP contribution is 2.22. The molecule has 13 heavy (non-hydrogen) atoms. The molecule has 0 spiro atoms. The smallest absolute Gasteiger partial charge is 0.101 e. The van der Waals surface area contributed by atoms with Crippen molar-refractivity contribution in [3.05, 3.63) is 42.6 Å². The largest absolute Gasteiger partial charge is 0.472 e. The summed E-state index contributed by atoms with van der Waals surface area (Å²) in [4.78, 5) is 3.87. The molecule has 0 atom stereocenters. The van der Waals surface area contributed by atoms with Crippen molar-refractivity contribution in [3.63, 3.8) is 0 Å². The first-order valence-corrected chi connectivity index (χ1v) is 3.78. The van der Waals surface area contributed by atoms with Gasteiger partial charge in [-0.2, -0.15) is 5.26 Å². The van der Waals surface area contributed by atoms with Crippen molar-refractivity contribution >= 4 is 0 Å². The maximum atomic E-state index is 8.80. The van der Waals surface area contributed by atoms with Gasteiger partial charge < -0.3 is 4.42 Å². The Labute approximate surface area is 75.3 Å². The zero-order valence-corrected chi connectivity index (χ0v) is 6.77. The first-order valence-electron chi connectivity index (χ1n) is 3.78. The van der Waals surface area contributed by atoms with Crippen LogP contribution >= 0.6 is 0 Å². The molecule has 0 amide bonds. The van der Waals surface area contributed by atoms with Crippen LogP contribution in [0, 0.1) is 11.3 Å². The third kappa shape index (κ3) is 1.30. The van der Waals surface area contributed by atoms with Crippen molar-refractivity contribution in [2.24, 2.45) is 0 Å². The zero-order chi connectivity index (χ0) is 9.10. The third-order valence-electron chi connectivity index (χ3n) is 1.77. The van der Waals surface area contributed by atoms with Gasteiger partial charge in [0, 0.05) is 23.5 Å². The van der Waals surface area contributed by atoms with Crippen LogP contribution in [0.15, 0.2) is 41.5 Å². The van der Waals surface area contributed by atoms with Gasteiger partial charge >= 0.3 is 0 Å². The van der Waals surface area contributed by atoms with E-state index in [2.05, 4.69) is 11.1 Å². The number of nitrogens with zero attached hydrogens (tertiary/aromatic N) is 2. The molecular formula is C10H6N2O. The molecule has 0 N–H and O–H groups in total. The van der Waals surface area contributed by atoms with Gasteiger partial charge in [-0.3, -0.25) is 4.98 Å². The summed E-state index contributed by atoms with van der Waals surface area (Å²) in [6.07, 6.45) is 6.39. The van der Waals surface area contributed by atoms with Crippen molar-refractivity contribution in [1.29, 1.82) is 5.26 Å². The molecule has 0 aliphatic rings. The average Bonchev–Trinajstić information content (AvgIpc) is 2.70. The molecule has 3 heteroatoms. The molecule has 62 valence electrons. The van der Waals surface area contributed by atoms with Crippen LogP contribution < -0.4 is 0 Å². The minimum absolute atomic E-state index is 0.559. The summed E-state index contributed by atoms with van der Waals surface area (Å²) in [7, 11) is 0. The number of hydrogen-bond donors (Lipinski definition) is 0. The summed E-state index contributed by atoms with van der Waals surface area (Å²) in [6.45, 7) is 0. The average molecular weight is 170 g/mol. The number of furan rings is 1. The van der Waals surface area contributed by atoms with Crippen LogP contribution in [0.3, 0.4) is 0 Å². The van der Waals surface area contributed by atoms with Gasteiger partial charge in [0.05, 0.1) is 18.1 Å². The van der Waals surface area contributed by atoms with Gasteiger partial charge in [0.2, 0.25) is 0 Å². The van der Waals surface area contributed by atoms with E-state index in [4.69, 9.17) is 9.68 Å². The Hall–Kier alpha value is -2.08. The van der Waals surface area contributed by atoms with Gasteiger partial charge in [-0.05, 0) is 12.1 Å². The Morgan fingerprint density at radius 1 is 1.38 bits per heavy atom. The Kier molecular flexibility index (Phi) is 1.81. The van der Waals surface area contributed by atoms with E-state index in [1.54, 1.807) is 31.0 Å². The van der Waals surface area contributed by atoms with Crippen LogP contribution in [0.25, 0.3) is 11.1 Å². The summed E-state index contributed by atoms with van der Waals surface area (Å²) in [5, 5.41) is 8.80. The number of rotatable bonds is 1. The van der Waals surface area contributed by atoms with E-state index in [-0.39, 0.29) is 0 Å². The number of pyridine rings is 1. The van der Waals surface area contributed by atoms with Gasteiger partial charge in [0.15, 0.2) is 0 Å². The molecule has 0 saturated heterocycles. The Morgan fingerprint density at radius 2 is 2.31 bits per heavy atom. The van der Waals surface area contributed by atoms with Gasteiger partial charge in [0.1, 0.15) is 6.07 Å². The molecule has 0 bridgehead atoms.